The summed E-state index contributed by atoms with van der Waals surface area (Å²) in [6.07, 6.45) is 4.79. The summed E-state index contributed by atoms with van der Waals surface area (Å²) in [5.41, 5.74) is 3.21. The maximum absolute atomic E-state index is 12.5. The van der Waals surface area contributed by atoms with E-state index in [0.29, 0.717) is 6.54 Å². The molecule has 0 radical (unpaired) electrons. The Labute approximate surface area is 125 Å². The highest BCUT2D eigenvalue weighted by Gasteiger charge is 2.24. The molecule has 3 N–H and O–H groups in total. The summed E-state index contributed by atoms with van der Waals surface area (Å²) in [5, 5.41) is 16.3. The Balaban J connectivity index is 1.65. The van der Waals surface area contributed by atoms with Gasteiger partial charge in [0.05, 0.1) is 6.10 Å². The quantitative estimate of drug-likeness (QED) is 0.792. The van der Waals surface area contributed by atoms with Gasteiger partial charge in [0.2, 0.25) is 0 Å². The van der Waals surface area contributed by atoms with Crippen molar-refractivity contribution in [2.75, 3.05) is 13.1 Å². The third kappa shape index (κ3) is 3.27. The molecule has 1 aromatic rings. The number of aliphatic hydroxyl groups is 1. The number of amides is 1. The van der Waals surface area contributed by atoms with Gasteiger partial charge in [-0.2, -0.15) is 0 Å². The Bertz CT molecular complexity index is 516. The molecule has 1 aromatic carbocycles. The first kappa shape index (κ1) is 14.5. The largest absolute Gasteiger partial charge is 0.393 e. The molecule has 3 rings (SSSR count). The fraction of sp³-hybridized carbons (Fsp3) is 0.588. The molecule has 1 saturated carbocycles. The van der Waals surface area contributed by atoms with E-state index in [2.05, 4.69) is 16.7 Å². The summed E-state index contributed by atoms with van der Waals surface area (Å²) in [6, 6.07) is 5.95. The average Bonchev–Trinajstić information content (AvgIpc) is 2.53. The highest BCUT2D eigenvalue weighted by molar-refractivity contribution is 5.96. The van der Waals surface area contributed by atoms with Crippen LogP contribution in [-0.4, -0.2) is 30.2 Å². The summed E-state index contributed by atoms with van der Waals surface area (Å²) in [4.78, 5) is 12.5. The van der Waals surface area contributed by atoms with Crippen molar-refractivity contribution in [2.45, 2.75) is 44.8 Å². The van der Waals surface area contributed by atoms with Crippen molar-refractivity contribution >= 4 is 5.91 Å². The Kier molecular flexibility index (Phi) is 4.56. The molecule has 1 aliphatic carbocycles. The van der Waals surface area contributed by atoms with Crippen LogP contribution in [0.3, 0.4) is 0 Å². The van der Waals surface area contributed by atoms with Gasteiger partial charge in [0.25, 0.3) is 5.91 Å². The summed E-state index contributed by atoms with van der Waals surface area (Å²) in [7, 11) is 0. The molecular weight excluding hydrogens is 264 g/mol. The molecular formula is C17H24N2O2. The molecule has 4 heteroatoms. The molecule has 4 nitrogen and oxygen atoms in total. The zero-order valence-electron chi connectivity index (χ0n) is 12.4. The SMILES string of the molecule is O=C(NCC1CCCCC1O)c1cccc2c1CCNC2. The summed E-state index contributed by atoms with van der Waals surface area (Å²) < 4.78 is 0. The van der Waals surface area contributed by atoms with Crippen molar-refractivity contribution in [1.29, 1.82) is 0 Å². The lowest BCUT2D eigenvalue weighted by Gasteiger charge is -2.28. The second-order valence-electron chi connectivity index (χ2n) is 6.19. The van der Waals surface area contributed by atoms with Crippen molar-refractivity contribution < 1.29 is 9.90 Å². The summed E-state index contributed by atoms with van der Waals surface area (Å²) in [6.45, 7) is 2.36. The molecule has 0 bridgehead atoms. The van der Waals surface area contributed by atoms with E-state index in [1.54, 1.807) is 0 Å². The molecule has 114 valence electrons. The summed E-state index contributed by atoms with van der Waals surface area (Å²) in [5.74, 6) is 0.218. The van der Waals surface area contributed by atoms with Gasteiger partial charge in [0.1, 0.15) is 0 Å². The van der Waals surface area contributed by atoms with E-state index in [1.807, 2.05) is 12.1 Å². The van der Waals surface area contributed by atoms with E-state index in [-0.39, 0.29) is 17.9 Å². The fourth-order valence-electron chi connectivity index (χ4n) is 3.49. The van der Waals surface area contributed by atoms with Crippen LogP contribution in [0.5, 0.6) is 0 Å². The van der Waals surface area contributed by atoms with E-state index in [4.69, 9.17) is 0 Å². The Morgan fingerprint density at radius 2 is 2.19 bits per heavy atom. The zero-order chi connectivity index (χ0) is 14.7. The minimum absolute atomic E-state index is 0.00604. The number of fused-ring (bicyclic) bond motifs is 1. The first-order chi connectivity index (χ1) is 10.3. The van der Waals surface area contributed by atoms with Gasteiger partial charge in [-0.05, 0) is 43.0 Å². The lowest BCUT2D eigenvalue weighted by atomic mass is 9.86. The van der Waals surface area contributed by atoms with Crippen molar-refractivity contribution in [3.63, 3.8) is 0 Å². The molecule has 1 aliphatic heterocycles. The van der Waals surface area contributed by atoms with Crippen molar-refractivity contribution in [3.05, 3.63) is 34.9 Å². The molecule has 2 atom stereocenters. The van der Waals surface area contributed by atoms with E-state index in [9.17, 15) is 9.90 Å². The van der Waals surface area contributed by atoms with E-state index >= 15 is 0 Å². The van der Waals surface area contributed by atoms with E-state index in [0.717, 1.165) is 50.8 Å². The lowest BCUT2D eigenvalue weighted by Crippen LogP contribution is -2.37. The van der Waals surface area contributed by atoms with Crippen LogP contribution in [0.4, 0.5) is 0 Å². The van der Waals surface area contributed by atoms with Crippen molar-refractivity contribution in [3.8, 4) is 0 Å². The molecule has 1 amide bonds. The molecule has 2 unspecified atom stereocenters. The van der Waals surface area contributed by atoms with Gasteiger partial charge in [-0.15, -0.1) is 0 Å². The molecule has 2 aliphatic rings. The predicted octanol–water partition coefficient (Wildman–Crippen LogP) is 1.61. The molecule has 0 spiro atoms. The smallest absolute Gasteiger partial charge is 0.251 e. The minimum Gasteiger partial charge on any atom is -0.393 e. The Hall–Kier alpha value is -1.39. The number of hydrogen-bond acceptors (Lipinski definition) is 3. The van der Waals surface area contributed by atoms with Gasteiger partial charge < -0.3 is 15.7 Å². The number of carbonyl (C=O) groups is 1. The number of aliphatic hydroxyl groups excluding tert-OH is 1. The first-order valence-electron chi connectivity index (χ1n) is 8.03. The second kappa shape index (κ2) is 6.58. The fourth-order valence-corrected chi connectivity index (χ4v) is 3.49. The van der Waals surface area contributed by atoms with E-state index in [1.165, 1.54) is 11.1 Å². The molecule has 1 fully saturated rings. The first-order valence-corrected chi connectivity index (χ1v) is 8.03. The predicted molar refractivity (Wildman–Crippen MR) is 82.2 cm³/mol. The molecule has 0 saturated heterocycles. The number of nitrogens with one attached hydrogen (secondary N) is 2. The van der Waals surface area contributed by atoms with Crippen LogP contribution in [0, 0.1) is 5.92 Å². The number of rotatable bonds is 3. The average molecular weight is 288 g/mol. The molecule has 1 heterocycles. The van der Waals surface area contributed by atoms with Crippen LogP contribution in [0.15, 0.2) is 18.2 Å². The zero-order valence-corrected chi connectivity index (χ0v) is 12.4. The van der Waals surface area contributed by atoms with Crippen LogP contribution in [-0.2, 0) is 13.0 Å². The molecule has 0 aromatic heterocycles. The normalized spacial score (nSPS) is 25.2. The molecule has 21 heavy (non-hydrogen) atoms. The number of carbonyl (C=O) groups excluding carboxylic acids is 1. The topological polar surface area (TPSA) is 61.4 Å². The highest BCUT2D eigenvalue weighted by atomic mass is 16.3. The van der Waals surface area contributed by atoms with Gasteiger partial charge >= 0.3 is 0 Å². The van der Waals surface area contributed by atoms with E-state index < -0.39 is 0 Å². The highest BCUT2D eigenvalue weighted by Crippen LogP contribution is 2.24. The maximum atomic E-state index is 12.5. The van der Waals surface area contributed by atoms with Crippen molar-refractivity contribution in [2.24, 2.45) is 5.92 Å². The van der Waals surface area contributed by atoms with Gasteiger partial charge in [-0.25, -0.2) is 0 Å². The van der Waals surface area contributed by atoms with Gasteiger partial charge in [-0.3, -0.25) is 4.79 Å². The summed E-state index contributed by atoms with van der Waals surface area (Å²) >= 11 is 0. The van der Waals surface area contributed by atoms with Gasteiger partial charge in [-0.1, -0.05) is 25.0 Å². The third-order valence-corrected chi connectivity index (χ3v) is 4.78. The second-order valence-corrected chi connectivity index (χ2v) is 6.19. The van der Waals surface area contributed by atoms with Crippen LogP contribution in [0.2, 0.25) is 0 Å². The van der Waals surface area contributed by atoms with Gasteiger partial charge in [0.15, 0.2) is 0 Å². The van der Waals surface area contributed by atoms with Crippen LogP contribution in [0.25, 0.3) is 0 Å². The van der Waals surface area contributed by atoms with Crippen molar-refractivity contribution in [1.82, 2.24) is 10.6 Å². The van der Waals surface area contributed by atoms with Crippen LogP contribution in [0.1, 0.15) is 47.2 Å². The van der Waals surface area contributed by atoms with Gasteiger partial charge in [0, 0.05) is 24.6 Å². The third-order valence-electron chi connectivity index (χ3n) is 4.78. The number of hydrogen-bond donors (Lipinski definition) is 3. The number of benzene rings is 1. The van der Waals surface area contributed by atoms with Crippen LogP contribution >= 0.6 is 0 Å². The monoisotopic (exact) mass is 288 g/mol. The lowest BCUT2D eigenvalue weighted by molar-refractivity contribution is 0.0662. The Morgan fingerprint density at radius 3 is 3.05 bits per heavy atom. The maximum Gasteiger partial charge on any atom is 0.251 e. The van der Waals surface area contributed by atoms with Crippen LogP contribution < -0.4 is 10.6 Å². The standard InChI is InChI=1S/C17H24N2O2/c20-16-7-2-1-4-13(16)11-19-17(21)15-6-3-5-12-10-18-9-8-14(12)15/h3,5-6,13,16,18,20H,1-2,4,7-11H2,(H,19,21). The Morgan fingerprint density at radius 1 is 1.33 bits per heavy atom. The minimum atomic E-state index is -0.257.